The number of hydrogen-bond acceptors (Lipinski definition) is 5. The molecule has 0 aliphatic carbocycles. The molecule has 108 valence electrons. The van der Waals surface area contributed by atoms with Gasteiger partial charge in [-0.1, -0.05) is 30.3 Å². The average molecular weight is 286 g/mol. The van der Waals surface area contributed by atoms with Gasteiger partial charge in [0.1, 0.15) is 6.61 Å². The van der Waals surface area contributed by atoms with Crippen molar-refractivity contribution in [3.05, 3.63) is 59.4 Å². The molecule has 2 atom stereocenters. The molecule has 5 nitrogen and oxygen atoms in total. The summed E-state index contributed by atoms with van der Waals surface area (Å²) >= 11 is 0. The second kappa shape index (κ2) is 5.44. The SMILES string of the molecule is CC1=C[C@H](O/C=C2\C(=O)OC[C@H]2c2ccccc2)OC1=O. The normalized spacial score (nSPS) is 26.5. The van der Waals surface area contributed by atoms with E-state index in [0.717, 1.165) is 5.56 Å². The Balaban J connectivity index is 1.77. The summed E-state index contributed by atoms with van der Waals surface area (Å²) in [6, 6.07) is 9.58. The van der Waals surface area contributed by atoms with Crippen LogP contribution in [0.4, 0.5) is 0 Å². The lowest BCUT2D eigenvalue weighted by molar-refractivity contribution is -0.152. The molecule has 5 heteroatoms. The Morgan fingerprint density at radius 3 is 2.62 bits per heavy atom. The molecule has 0 N–H and O–H groups in total. The van der Waals surface area contributed by atoms with E-state index in [2.05, 4.69) is 0 Å². The molecule has 2 heterocycles. The Morgan fingerprint density at radius 1 is 1.19 bits per heavy atom. The molecule has 0 spiro atoms. The van der Waals surface area contributed by atoms with Crippen LogP contribution >= 0.6 is 0 Å². The first-order chi connectivity index (χ1) is 10.1. The van der Waals surface area contributed by atoms with Gasteiger partial charge in [-0.3, -0.25) is 0 Å². The van der Waals surface area contributed by atoms with Gasteiger partial charge in [0, 0.05) is 11.6 Å². The van der Waals surface area contributed by atoms with Crippen molar-refractivity contribution in [2.24, 2.45) is 0 Å². The third kappa shape index (κ3) is 2.67. The zero-order chi connectivity index (χ0) is 14.8. The van der Waals surface area contributed by atoms with Gasteiger partial charge >= 0.3 is 11.9 Å². The maximum Gasteiger partial charge on any atom is 0.337 e. The van der Waals surface area contributed by atoms with Crippen molar-refractivity contribution < 1.29 is 23.8 Å². The Kier molecular flexibility index (Phi) is 3.48. The van der Waals surface area contributed by atoms with Gasteiger partial charge in [-0.2, -0.15) is 0 Å². The topological polar surface area (TPSA) is 61.8 Å². The summed E-state index contributed by atoms with van der Waals surface area (Å²) in [5.41, 5.74) is 1.90. The fourth-order valence-corrected chi connectivity index (χ4v) is 2.28. The Morgan fingerprint density at radius 2 is 1.95 bits per heavy atom. The molecule has 1 aromatic rings. The van der Waals surface area contributed by atoms with Crippen molar-refractivity contribution in [1.82, 2.24) is 0 Å². The van der Waals surface area contributed by atoms with E-state index in [1.165, 1.54) is 6.26 Å². The van der Waals surface area contributed by atoms with Crippen molar-refractivity contribution >= 4 is 11.9 Å². The smallest absolute Gasteiger partial charge is 0.337 e. The zero-order valence-corrected chi connectivity index (χ0v) is 11.4. The molecule has 0 unspecified atom stereocenters. The summed E-state index contributed by atoms with van der Waals surface area (Å²) in [5.74, 6) is -0.984. The minimum absolute atomic E-state index is 0.166. The summed E-state index contributed by atoms with van der Waals surface area (Å²) in [6.07, 6.45) is 2.12. The Labute approximate surface area is 121 Å². The lowest BCUT2D eigenvalue weighted by Crippen LogP contribution is -2.11. The van der Waals surface area contributed by atoms with Crippen molar-refractivity contribution in [3.63, 3.8) is 0 Å². The molecule has 2 aliphatic heterocycles. The van der Waals surface area contributed by atoms with Crippen LogP contribution in [0.1, 0.15) is 18.4 Å². The number of cyclic esters (lactones) is 2. The molecule has 0 radical (unpaired) electrons. The van der Waals surface area contributed by atoms with E-state index >= 15 is 0 Å². The lowest BCUT2D eigenvalue weighted by Gasteiger charge is -2.11. The maximum atomic E-state index is 11.8. The minimum atomic E-state index is -0.783. The number of carbonyl (C=O) groups excluding carboxylic acids is 2. The molecule has 1 fully saturated rings. The minimum Gasteiger partial charge on any atom is -0.461 e. The number of rotatable bonds is 3. The van der Waals surface area contributed by atoms with Crippen molar-refractivity contribution in [1.29, 1.82) is 0 Å². The molecule has 3 rings (SSSR count). The quantitative estimate of drug-likeness (QED) is 0.483. The predicted octanol–water partition coefficient (Wildman–Crippen LogP) is 2.06. The van der Waals surface area contributed by atoms with E-state index in [-0.39, 0.29) is 12.5 Å². The van der Waals surface area contributed by atoms with Gasteiger partial charge in [0.2, 0.25) is 0 Å². The van der Waals surface area contributed by atoms with Crippen LogP contribution in [0.25, 0.3) is 0 Å². The van der Waals surface area contributed by atoms with E-state index < -0.39 is 18.2 Å². The van der Waals surface area contributed by atoms with Gasteiger partial charge in [-0.15, -0.1) is 0 Å². The maximum absolute atomic E-state index is 11.8. The second-order valence-electron chi connectivity index (χ2n) is 4.89. The first-order valence-corrected chi connectivity index (χ1v) is 6.62. The molecule has 0 amide bonds. The summed E-state index contributed by atoms with van der Waals surface area (Å²) in [7, 11) is 0. The van der Waals surface area contributed by atoms with Crippen LogP contribution < -0.4 is 0 Å². The van der Waals surface area contributed by atoms with Crippen molar-refractivity contribution in [3.8, 4) is 0 Å². The van der Waals surface area contributed by atoms with Crippen LogP contribution in [0.3, 0.4) is 0 Å². The van der Waals surface area contributed by atoms with Gasteiger partial charge < -0.3 is 14.2 Å². The number of carbonyl (C=O) groups is 2. The first kappa shape index (κ1) is 13.4. The van der Waals surface area contributed by atoms with Crippen LogP contribution in [-0.2, 0) is 23.8 Å². The van der Waals surface area contributed by atoms with Gasteiger partial charge in [0.15, 0.2) is 0 Å². The van der Waals surface area contributed by atoms with E-state index in [0.29, 0.717) is 11.1 Å². The van der Waals surface area contributed by atoms with E-state index in [1.807, 2.05) is 30.3 Å². The third-order valence-electron chi connectivity index (χ3n) is 3.45. The fraction of sp³-hybridized carbons (Fsp3) is 0.250. The molecule has 1 saturated heterocycles. The van der Waals surface area contributed by atoms with Crippen molar-refractivity contribution in [2.45, 2.75) is 19.1 Å². The van der Waals surface area contributed by atoms with Crippen LogP contribution in [-0.4, -0.2) is 24.8 Å². The van der Waals surface area contributed by atoms with E-state index in [9.17, 15) is 9.59 Å². The highest BCUT2D eigenvalue weighted by atomic mass is 16.7. The van der Waals surface area contributed by atoms with Gasteiger partial charge in [-0.05, 0) is 12.5 Å². The molecule has 0 aromatic heterocycles. The van der Waals surface area contributed by atoms with Gasteiger partial charge in [0.05, 0.1) is 17.8 Å². The molecule has 2 aliphatic rings. The van der Waals surface area contributed by atoms with Gasteiger partial charge in [-0.25, -0.2) is 9.59 Å². The van der Waals surface area contributed by atoms with Crippen LogP contribution in [0.15, 0.2) is 53.8 Å². The molecule has 0 saturated carbocycles. The molecule has 1 aromatic carbocycles. The van der Waals surface area contributed by atoms with Crippen LogP contribution in [0.5, 0.6) is 0 Å². The number of hydrogen-bond donors (Lipinski definition) is 0. The van der Waals surface area contributed by atoms with E-state index in [4.69, 9.17) is 14.2 Å². The van der Waals surface area contributed by atoms with Crippen molar-refractivity contribution in [2.75, 3.05) is 6.61 Å². The zero-order valence-electron chi connectivity index (χ0n) is 11.4. The predicted molar refractivity (Wildman–Crippen MR) is 72.9 cm³/mol. The molecular formula is C16H14O5. The first-order valence-electron chi connectivity index (χ1n) is 6.62. The third-order valence-corrected chi connectivity index (χ3v) is 3.45. The molecule has 21 heavy (non-hydrogen) atoms. The lowest BCUT2D eigenvalue weighted by atomic mass is 9.94. The summed E-state index contributed by atoms with van der Waals surface area (Å²) in [4.78, 5) is 23.0. The summed E-state index contributed by atoms with van der Waals surface area (Å²) < 4.78 is 15.4. The summed E-state index contributed by atoms with van der Waals surface area (Å²) in [6.45, 7) is 1.94. The van der Waals surface area contributed by atoms with E-state index in [1.54, 1.807) is 13.0 Å². The average Bonchev–Trinajstić information content (AvgIpc) is 3.01. The van der Waals surface area contributed by atoms with Crippen LogP contribution in [0.2, 0.25) is 0 Å². The Bertz CT molecular complexity index is 629. The molecular weight excluding hydrogens is 272 g/mol. The number of esters is 2. The standard InChI is InChI=1S/C16H14O5/c1-10-7-14(21-15(10)17)19-9-13-12(8-20-16(13)18)11-5-3-2-4-6-11/h2-7,9,12,14H,8H2,1H3/b13-9-/t12-,14+/m0/s1. The van der Waals surface area contributed by atoms with Crippen LogP contribution in [0, 0.1) is 0 Å². The monoisotopic (exact) mass is 286 g/mol. The Hall–Kier alpha value is -2.56. The highest BCUT2D eigenvalue weighted by molar-refractivity contribution is 5.92. The fourth-order valence-electron chi connectivity index (χ4n) is 2.28. The highest BCUT2D eigenvalue weighted by Crippen LogP contribution is 2.31. The number of benzene rings is 1. The second-order valence-corrected chi connectivity index (χ2v) is 4.89. The number of ether oxygens (including phenoxy) is 3. The van der Waals surface area contributed by atoms with Gasteiger partial charge in [0.25, 0.3) is 6.29 Å². The molecule has 0 bridgehead atoms. The largest absolute Gasteiger partial charge is 0.461 e. The highest BCUT2D eigenvalue weighted by Gasteiger charge is 2.33. The summed E-state index contributed by atoms with van der Waals surface area (Å²) in [5, 5.41) is 0.